The van der Waals surface area contributed by atoms with Crippen molar-refractivity contribution in [3.05, 3.63) is 65.3 Å². The molecule has 39 heavy (non-hydrogen) atoms. The number of nitrogens with one attached hydrogen (secondary N) is 1. The first kappa shape index (κ1) is 29.5. The number of fused-ring (bicyclic) bond motifs is 1. The van der Waals surface area contributed by atoms with Gasteiger partial charge in [-0.1, -0.05) is 36.0 Å². The fourth-order valence-electron chi connectivity index (χ4n) is 3.31. The largest absolute Gasteiger partial charge is 0.477 e. The lowest BCUT2D eigenvalue weighted by atomic mass is 10.0. The number of thioether (sulfide) groups is 1. The van der Waals surface area contributed by atoms with Crippen molar-refractivity contribution >= 4 is 67.8 Å². The second-order valence-corrected chi connectivity index (χ2v) is 11.0. The van der Waals surface area contributed by atoms with E-state index in [1.54, 1.807) is 18.2 Å². The Morgan fingerprint density at radius 2 is 1.97 bits per heavy atom. The van der Waals surface area contributed by atoms with Gasteiger partial charge in [0.25, 0.3) is 21.9 Å². The summed E-state index contributed by atoms with van der Waals surface area (Å²) in [7, 11) is -4.00. The zero-order valence-electron chi connectivity index (χ0n) is 20.0. The van der Waals surface area contributed by atoms with Crippen molar-refractivity contribution in [2.24, 2.45) is 5.16 Å². The molecule has 1 saturated heterocycles. The molecule has 1 aromatic heterocycles. The van der Waals surface area contributed by atoms with Crippen LogP contribution in [-0.4, -0.2) is 74.6 Å². The molecule has 0 radical (unpaired) electrons. The maximum atomic E-state index is 12.7. The summed E-state index contributed by atoms with van der Waals surface area (Å²) in [6, 6.07) is 6.44. The number of hydrogen-bond acceptors (Lipinski definition) is 12. The third-order valence-electron chi connectivity index (χ3n) is 5.02. The van der Waals surface area contributed by atoms with Crippen LogP contribution in [0.3, 0.4) is 0 Å². The summed E-state index contributed by atoms with van der Waals surface area (Å²) < 4.78 is 29.2. The van der Waals surface area contributed by atoms with Crippen LogP contribution >= 0.6 is 23.1 Å². The summed E-state index contributed by atoms with van der Waals surface area (Å²) in [6.45, 7) is 4.68. The minimum atomic E-state index is -4.00. The number of oxime groups is 1. The third kappa shape index (κ3) is 6.88. The van der Waals surface area contributed by atoms with Crippen molar-refractivity contribution in [1.29, 1.82) is 0 Å². The van der Waals surface area contributed by atoms with E-state index in [1.165, 1.54) is 35.4 Å². The average Bonchev–Trinajstić information content (AvgIpc) is 3.32. The van der Waals surface area contributed by atoms with Crippen molar-refractivity contribution < 1.29 is 42.1 Å². The molecule has 0 spiro atoms. The van der Waals surface area contributed by atoms with E-state index in [2.05, 4.69) is 26.9 Å². The number of thiazole rings is 1. The third-order valence-corrected chi connectivity index (χ3v) is 7.86. The highest BCUT2D eigenvalue weighted by atomic mass is 32.2. The Kier molecular flexibility index (Phi) is 9.23. The Hall–Kier alpha value is -4.06. The number of hydrogen-bond donors (Lipinski definition) is 4. The zero-order chi connectivity index (χ0) is 28.9. The van der Waals surface area contributed by atoms with Gasteiger partial charge in [-0.25, -0.2) is 14.6 Å². The minimum Gasteiger partial charge on any atom is -0.477 e. The van der Waals surface area contributed by atoms with E-state index in [4.69, 9.17) is 10.3 Å². The number of carbonyl (C=O) groups is 4. The van der Waals surface area contributed by atoms with Gasteiger partial charge in [0, 0.05) is 18.1 Å². The van der Waals surface area contributed by atoms with Crippen molar-refractivity contribution in [2.75, 3.05) is 11.5 Å². The molecule has 2 atom stereocenters. The van der Waals surface area contributed by atoms with Gasteiger partial charge in [0.15, 0.2) is 10.8 Å². The second-order valence-electron chi connectivity index (χ2n) is 7.63. The lowest BCUT2D eigenvalue weighted by Crippen LogP contribution is -2.71. The number of aromatic nitrogens is 1. The second kappa shape index (κ2) is 12.2. The van der Waals surface area contributed by atoms with Crippen molar-refractivity contribution in [2.45, 2.75) is 23.2 Å². The van der Waals surface area contributed by atoms with Crippen LogP contribution in [0.4, 0.5) is 5.13 Å². The molecule has 2 aliphatic rings. The molecule has 1 fully saturated rings. The first-order valence-corrected chi connectivity index (χ1v) is 14.1. The standard InChI is InChI=1S/C16H15N5O6S2.C6H6O3S/c1-3-7-4-28-14-10(13(24)21(14)11(7)15(25)26)19-12(23)9(20-27-6(2)22)8-5-29-16(17)18-8;7-10(8,9)6-4-2-1-3-5-6/h3,5,10,14H,1,4H2,2H3,(H2,17,18)(H,19,23)(H,25,26);1-5H,(H,7,8,9)/b20-9+;/t10-,14-;/m1./s1. The SMILES string of the molecule is C=CC1=C(C(=O)O)N2C(=O)[C@@H](NC(=O)/C(=N/OC(C)=O)c3csc(N)n3)[C@H]2SC1.O=S(=O)(O)c1ccccc1. The first-order chi connectivity index (χ1) is 18.3. The van der Waals surface area contributed by atoms with Gasteiger partial charge < -0.3 is 21.0 Å². The molecule has 17 heteroatoms. The van der Waals surface area contributed by atoms with Gasteiger partial charge in [0.05, 0.1) is 4.90 Å². The highest BCUT2D eigenvalue weighted by Crippen LogP contribution is 2.40. The molecule has 2 amide bonds. The molecule has 0 bridgehead atoms. The van der Waals surface area contributed by atoms with Gasteiger partial charge in [-0.15, -0.1) is 23.1 Å². The average molecular weight is 596 g/mol. The normalized spacial score (nSPS) is 18.7. The molecular formula is C22H21N5O9S3. The Morgan fingerprint density at radius 3 is 2.46 bits per heavy atom. The van der Waals surface area contributed by atoms with E-state index in [0.29, 0.717) is 11.3 Å². The Balaban J connectivity index is 0.000000353. The van der Waals surface area contributed by atoms with Crippen LogP contribution in [0.2, 0.25) is 0 Å². The monoisotopic (exact) mass is 595 g/mol. The van der Waals surface area contributed by atoms with Gasteiger partial charge in [-0.05, 0) is 17.7 Å². The van der Waals surface area contributed by atoms with Gasteiger partial charge in [0.1, 0.15) is 22.8 Å². The summed E-state index contributed by atoms with van der Waals surface area (Å²) in [5.74, 6) is -3.08. The topological polar surface area (TPSA) is 219 Å². The molecule has 3 heterocycles. The van der Waals surface area contributed by atoms with Gasteiger partial charge in [-0.3, -0.25) is 19.0 Å². The summed E-state index contributed by atoms with van der Waals surface area (Å²) in [4.78, 5) is 57.4. The maximum Gasteiger partial charge on any atom is 0.352 e. The maximum absolute atomic E-state index is 12.7. The number of benzene rings is 1. The van der Waals surface area contributed by atoms with E-state index in [0.717, 1.165) is 23.2 Å². The smallest absolute Gasteiger partial charge is 0.352 e. The molecule has 206 valence electrons. The lowest BCUT2D eigenvalue weighted by Gasteiger charge is -2.49. The highest BCUT2D eigenvalue weighted by Gasteiger charge is 2.54. The number of nitrogen functional groups attached to an aromatic ring is 1. The fourth-order valence-corrected chi connectivity index (χ4v) is 5.70. The van der Waals surface area contributed by atoms with Crippen LogP contribution in [0, 0.1) is 0 Å². The Labute approximate surface area is 230 Å². The quantitative estimate of drug-likeness (QED) is 0.115. The molecular weight excluding hydrogens is 574 g/mol. The Bertz CT molecular complexity index is 1490. The molecule has 2 aromatic rings. The number of carbonyl (C=O) groups excluding carboxylic acids is 3. The van der Waals surface area contributed by atoms with Crippen LogP contribution in [0.1, 0.15) is 12.6 Å². The van der Waals surface area contributed by atoms with Gasteiger partial charge in [-0.2, -0.15) is 8.42 Å². The Morgan fingerprint density at radius 1 is 1.31 bits per heavy atom. The molecule has 4 rings (SSSR count). The molecule has 0 aliphatic carbocycles. The van der Waals surface area contributed by atoms with Crippen molar-refractivity contribution in [3.8, 4) is 0 Å². The number of rotatable bonds is 7. The number of allylic oxidation sites excluding steroid dienone is 1. The number of β-lactam (4-membered cyclic amide) rings is 1. The van der Waals surface area contributed by atoms with Gasteiger partial charge in [0.2, 0.25) is 0 Å². The van der Waals surface area contributed by atoms with Crippen LogP contribution in [0.5, 0.6) is 0 Å². The van der Waals surface area contributed by atoms with Crippen molar-refractivity contribution in [3.63, 3.8) is 0 Å². The molecule has 5 N–H and O–H groups in total. The number of anilines is 1. The van der Waals surface area contributed by atoms with Crippen LogP contribution in [0.15, 0.2) is 69.7 Å². The number of amides is 2. The van der Waals surface area contributed by atoms with Gasteiger partial charge >= 0.3 is 11.9 Å². The summed E-state index contributed by atoms with van der Waals surface area (Å²) >= 11 is 2.34. The van der Waals surface area contributed by atoms with E-state index in [-0.39, 0.29) is 27.1 Å². The summed E-state index contributed by atoms with van der Waals surface area (Å²) in [5.41, 5.74) is 5.58. The minimum absolute atomic E-state index is 0.0741. The predicted octanol–water partition coefficient (Wildman–Crippen LogP) is 0.850. The number of nitrogens with two attached hydrogens (primary N) is 1. The van der Waals surface area contributed by atoms with E-state index < -0.39 is 45.3 Å². The molecule has 2 aliphatic heterocycles. The predicted molar refractivity (Wildman–Crippen MR) is 141 cm³/mol. The number of aliphatic carboxylic acids is 1. The van der Waals surface area contributed by atoms with E-state index in [9.17, 15) is 32.7 Å². The zero-order valence-corrected chi connectivity index (χ0v) is 22.5. The number of carboxylic acids is 1. The first-order valence-electron chi connectivity index (χ1n) is 10.7. The van der Waals surface area contributed by atoms with Crippen LogP contribution in [0.25, 0.3) is 0 Å². The lowest BCUT2D eigenvalue weighted by molar-refractivity contribution is -0.150. The number of carboxylic acid groups (broad SMARTS) is 1. The van der Waals surface area contributed by atoms with Crippen LogP contribution in [-0.2, 0) is 34.1 Å². The van der Waals surface area contributed by atoms with Crippen LogP contribution < -0.4 is 11.1 Å². The molecule has 0 saturated carbocycles. The molecule has 1 aromatic carbocycles. The summed E-state index contributed by atoms with van der Waals surface area (Å²) in [5, 5.41) is 16.5. The highest BCUT2D eigenvalue weighted by molar-refractivity contribution is 8.00. The molecule has 14 nitrogen and oxygen atoms in total. The molecule has 0 unspecified atom stereocenters. The van der Waals surface area contributed by atoms with E-state index >= 15 is 0 Å². The van der Waals surface area contributed by atoms with E-state index in [1.807, 2.05) is 0 Å². The van der Waals surface area contributed by atoms with Crippen molar-refractivity contribution in [1.82, 2.24) is 15.2 Å². The number of nitrogens with zero attached hydrogens (tertiary/aromatic N) is 3. The fraction of sp³-hybridized carbons (Fsp3) is 0.182. The summed E-state index contributed by atoms with van der Waals surface area (Å²) in [6.07, 6.45) is 1.39.